The summed E-state index contributed by atoms with van der Waals surface area (Å²) >= 11 is 0. The van der Waals surface area contributed by atoms with Crippen molar-refractivity contribution in [1.82, 2.24) is 14.8 Å². The maximum atomic E-state index is 13.1. The molecule has 0 saturated carbocycles. The van der Waals surface area contributed by atoms with Crippen LogP contribution in [0.3, 0.4) is 0 Å². The highest BCUT2D eigenvalue weighted by atomic mass is 19.1. The van der Waals surface area contributed by atoms with Crippen molar-refractivity contribution >= 4 is 16.8 Å². The van der Waals surface area contributed by atoms with E-state index in [9.17, 15) is 9.18 Å². The molecule has 0 bridgehead atoms. The van der Waals surface area contributed by atoms with Gasteiger partial charge in [0.15, 0.2) is 0 Å². The zero-order valence-corrected chi connectivity index (χ0v) is 20.2. The van der Waals surface area contributed by atoms with Crippen molar-refractivity contribution < 1.29 is 9.18 Å². The molecule has 3 aromatic carbocycles. The average Bonchev–Trinajstić information content (AvgIpc) is 3.22. The lowest BCUT2D eigenvalue weighted by molar-refractivity contribution is -0.126. The number of halogens is 1. The van der Waals surface area contributed by atoms with Gasteiger partial charge in [0.25, 0.3) is 0 Å². The standard InChI is InChI=1S/C30H32FN3O/c1-22-6-2-3-8-26(22)20-34-28(18-25-7-4-5-9-29(25)34)21-33-16-14-24(15-17-33)30(35)32-19-23-10-12-27(31)13-11-23/h2-13,18,24H,14-17,19-21H2,1H3,(H,32,35). The van der Waals surface area contributed by atoms with Crippen LogP contribution in [-0.2, 0) is 24.4 Å². The average molecular weight is 470 g/mol. The molecule has 1 fully saturated rings. The first-order chi connectivity index (χ1) is 17.1. The fraction of sp³-hybridized carbons (Fsp3) is 0.300. The summed E-state index contributed by atoms with van der Waals surface area (Å²) in [7, 11) is 0. The molecule has 1 amide bonds. The van der Waals surface area contributed by atoms with E-state index in [-0.39, 0.29) is 17.6 Å². The van der Waals surface area contributed by atoms with Gasteiger partial charge in [-0.2, -0.15) is 0 Å². The molecule has 1 saturated heterocycles. The summed E-state index contributed by atoms with van der Waals surface area (Å²) in [5.41, 5.74) is 6.14. The zero-order valence-electron chi connectivity index (χ0n) is 20.2. The van der Waals surface area contributed by atoms with E-state index in [4.69, 9.17) is 0 Å². The third-order valence-corrected chi connectivity index (χ3v) is 7.21. The Labute approximate surface area is 206 Å². The van der Waals surface area contributed by atoms with Crippen LogP contribution in [0.15, 0.2) is 78.9 Å². The number of likely N-dealkylation sites (tertiary alicyclic amines) is 1. The molecule has 0 spiro atoms. The van der Waals surface area contributed by atoms with Gasteiger partial charge in [-0.3, -0.25) is 9.69 Å². The van der Waals surface area contributed by atoms with Crippen molar-refractivity contribution in [3.8, 4) is 0 Å². The molecule has 4 aromatic rings. The van der Waals surface area contributed by atoms with Crippen LogP contribution in [0.1, 0.15) is 35.2 Å². The van der Waals surface area contributed by atoms with Gasteiger partial charge in [0.2, 0.25) is 5.91 Å². The largest absolute Gasteiger partial charge is 0.352 e. The predicted octanol–water partition coefficient (Wildman–Crippen LogP) is 5.67. The Morgan fingerprint density at radius 1 is 0.943 bits per heavy atom. The number of benzene rings is 3. The summed E-state index contributed by atoms with van der Waals surface area (Å²) < 4.78 is 15.5. The van der Waals surface area contributed by atoms with Crippen molar-refractivity contribution in [3.05, 3.63) is 107 Å². The highest BCUT2D eigenvalue weighted by molar-refractivity contribution is 5.81. The van der Waals surface area contributed by atoms with Gasteiger partial charge in [0.1, 0.15) is 5.82 Å². The Kier molecular flexibility index (Phi) is 6.96. The fourth-order valence-corrected chi connectivity index (χ4v) is 5.06. The summed E-state index contributed by atoms with van der Waals surface area (Å²) in [6.07, 6.45) is 1.71. The van der Waals surface area contributed by atoms with Crippen LogP contribution in [0.4, 0.5) is 4.39 Å². The Hall–Kier alpha value is -3.44. The lowest BCUT2D eigenvalue weighted by Crippen LogP contribution is -2.40. The normalized spacial score (nSPS) is 14.9. The summed E-state index contributed by atoms with van der Waals surface area (Å²) in [6.45, 7) is 6.16. The lowest BCUT2D eigenvalue weighted by Gasteiger charge is -2.31. The number of hydrogen-bond donors (Lipinski definition) is 1. The number of aryl methyl sites for hydroxylation is 1. The summed E-state index contributed by atoms with van der Waals surface area (Å²) in [6, 6.07) is 25.8. The topological polar surface area (TPSA) is 37.3 Å². The highest BCUT2D eigenvalue weighted by Crippen LogP contribution is 2.25. The molecule has 0 atom stereocenters. The van der Waals surface area contributed by atoms with Gasteiger partial charge in [-0.1, -0.05) is 54.6 Å². The van der Waals surface area contributed by atoms with E-state index in [0.29, 0.717) is 6.54 Å². The van der Waals surface area contributed by atoms with E-state index >= 15 is 0 Å². The molecule has 0 radical (unpaired) electrons. The van der Waals surface area contributed by atoms with Crippen molar-refractivity contribution in [2.24, 2.45) is 5.92 Å². The minimum Gasteiger partial charge on any atom is -0.352 e. The molecular formula is C30H32FN3O. The minimum atomic E-state index is -0.259. The number of nitrogens with one attached hydrogen (secondary N) is 1. The maximum Gasteiger partial charge on any atom is 0.223 e. The molecule has 180 valence electrons. The van der Waals surface area contributed by atoms with Crippen molar-refractivity contribution in [2.75, 3.05) is 13.1 Å². The van der Waals surface area contributed by atoms with E-state index in [0.717, 1.165) is 44.6 Å². The fourth-order valence-electron chi connectivity index (χ4n) is 5.06. The van der Waals surface area contributed by atoms with Crippen LogP contribution >= 0.6 is 0 Å². The minimum absolute atomic E-state index is 0.0320. The van der Waals surface area contributed by atoms with Crippen LogP contribution in [0, 0.1) is 18.7 Å². The number of para-hydroxylation sites is 1. The van der Waals surface area contributed by atoms with Crippen LogP contribution in [0.5, 0.6) is 0 Å². The van der Waals surface area contributed by atoms with E-state index in [1.165, 1.54) is 39.9 Å². The van der Waals surface area contributed by atoms with Gasteiger partial charge in [-0.15, -0.1) is 0 Å². The molecule has 0 unspecified atom stereocenters. The first-order valence-corrected chi connectivity index (χ1v) is 12.4. The van der Waals surface area contributed by atoms with Gasteiger partial charge in [0.05, 0.1) is 0 Å². The molecule has 1 aromatic heterocycles. The predicted molar refractivity (Wildman–Crippen MR) is 138 cm³/mol. The smallest absolute Gasteiger partial charge is 0.223 e. The number of carbonyl (C=O) groups is 1. The van der Waals surface area contributed by atoms with E-state index in [1.807, 2.05) is 0 Å². The molecule has 1 N–H and O–H groups in total. The zero-order chi connectivity index (χ0) is 24.2. The van der Waals surface area contributed by atoms with Gasteiger partial charge < -0.3 is 9.88 Å². The first kappa shape index (κ1) is 23.3. The lowest BCUT2D eigenvalue weighted by atomic mass is 9.95. The van der Waals surface area contributed by atoms with E-state index in [1.54, 1.807) is 12.1 Å². The number of hydrogen-bond acceptors (Lipinski definition) is 2. The number of amides is 1. The van der Waals surface area contributed by atoms with Crippen molar-refractivity contribution in [3.63, 3.8) is 0 Å². The van der Waals surface area contributed by atoms with Gasteiger partial charge in [-0.25, -0.2) is 4.39 Å². The molecule has 0 aliphatic carbocycles. The number of carbonyl (C=O) groups excluding carboxylic acids is 1. The third-order valence-electron chi connectivity index (χ3n) is 7.21. The van der Waals surface area contributed by atoms with Crippen LogP contribution in [0.2, 0.25) is 0 Å². The second kappa shape index (κ2) is 10.4. The van der Waals surface area contributed by atoms with Gasteiger partial charge in [-0.05, 0) is 79.2 Å². The number of fused-ring (bicyclic) bond motifs is 1. The summed E-state index contributed by atoms with van der Waals surface area (Å²) in [5.74, 6) is -0.127. The van der Waals surface area contributed by atoms with Crippen LogP contribution < -0.4 is 5.32 Å². The Bertz CT molecular complexity index is 1300. The highest BCUT2D eigenvalue weighted by Gasteiger charge is 2.25. The Balaban J connectivity index is 1.22. The maximum absolute atomic E-state index is 13.1. The monoisotopic (exact) mass is 469 g/mol. The molecule has 1 aliphatic rings. The van der Waals surface area contributed by atoms with Crippen LogP contribution in [-0.4, -0.2) is 28.5 Å². The van der Waals surface area contributed by atoms with Crippen LogP contribution in [0.25, 0.3) is 10.9 Å². The van der Waals surface area contributed by atoms with E-state index < -0.39 is 0 Å². The second-order valence-corrected chi connectivity index (χ2v) is 9.60. The number of piperidine rings is 1. The molecule has 4 nitrogen and oxygen atoms in total. The molecular weight excluding hydrogens is 437 g/mol. The number of nitrogens with zero attached hydrogens (tertiary/aromatic N) is 2. The third kappa shape index (κ3) is 5.46. The van der Waals surface area contributed by atoms with Gasteiger partial charge >= 0.3 is 0 Å². The molecule has 35 heavy (non-hydrogen) atoms. The summed E-state index contributed by atoms with van der Waals surface area (Å²) in [4.78, 5) is 15.2. The molecule has 5 heteroatoms. The second-order valence-electron chi connectivity index (χ2n) is 9.60. The summed E-state index contributed by atoms with van der Waals surface area (Å²) in [5, 5.41) is 4.30. The molecule has 1 aliphatic heterocycles. The number of aromatic nitrogens is 1. The van der Waals surface area contributed by atoms with Crippen molar-refractivity contribution in [2.45, 2.75) is 39.4 Å². The quantitative estimate of drug-likeness (QED) is 0.379. The number of rotatable bonds is 7. The Morgan fingerprint density at radius 3 is 2.43 bits per heavy atom. The van der Waals surface area contributed by atoms with Crippen molar-refractivity contribution in [1.29, 1.82) is 0 Å². The SMILES string of the molecule is Cc1ccccc1Cn1c(CN2CCC(C(=O)NCc3ccc(F)cc3)CC2)cc2ccccc21. The van der Waals surface area contributed by atoms with Gasteiger partial charge in [0, 0.05) is 36.8 Å². The first-order valence-electron chi connectivity index (χ1n) is 12.4. The van der Waals surface area contributed by atoms with E-state index in [2.05, 4.69) is 76.3 Å². The molecule has 5 rings (SSSR count). The molecule has 2 heterocycles. The Morgan fingerprint density at radius 2 is 1.66 bits per heavy atom.